The molecule has 1 aromatic rings. The van der Waals surface area contributed by atoms with Crippen LogP contribution in [0.4, 0.5) is 4.79 Å². The summed E-state index contributed by atoms with van der Waals surface area (Å²) in [5.74, 6) is 0.772. The Balaban J connectivity index is 1.91. The number of amides is 3. The molecule has 2 rings (SSSR count). The summed E-state index contributed by atoms with van der Waals surface area (Å²) < 4.78 is 1.78. The van der Waals surface area contributed by atoms with Crippen LogP contribution in [0, 0.1) is 0 Å². The van der Waals surface area contributed by atoms with Crippen molar-refractivity contribution in [2.45, 2.75) is 26.3 Å². The molecule has 1 N–H and O–H groups in total. The molecule has 1 aliphatic rings. The largest absolute Gasteiger partial charge is 0.341 e. The van der Waals surface area contributed by atoms with Crippen molar-refractivity contribution in [1.82, 2.24) is 29.9 Å². The zero-order valence-electron chi connectivity index (χ0n) is 12.7. The molecule has 8 heteroatoms. The monoisotopic (exact) mass is 294 g/mol. The van der Waals surface area contributed by atoms with Gasteiger partial charge in [0.2, 0.25) is 5.91 Å². The standard InChI is InChI=1S/C13H22N6O2/c1-10(12-16-14-9-17(12)3)15-13(21)19-6-4-5-18(7-8-19)11(2)20/h9-10H,4-8H2,1-3H3,(H,15,21). The van der Waals surface area contributed by atoms with Crippen molar-refractivity contribution in [2.75, 3.05) is 26.2 Å². The Labute approximate surface area is 124 Å². The fraction of sp³-hybridized carbons (Fsp3) is 0.692. The first kappa shape index (κ1) is 15.3. The number of hydrogen-bond donors (Lipinski definition) is 1. The fourth-order valence-corrected chi connectivity index (χ4v) is 2.46. The molecular weight excluding hydrogens is 272 g/mol. The maximum atomic E-state index is 12.3. The van der Waals surface area contributed by atoms with E-state index in [0.29, 0.717) is 32.0 Å². The van der Waals surface area contributed by atoms with Gasteiger partial charge in [0.15, 0.2) is 5.82 Å². The lowest BCUT2D eigenvalue weighted by molar-refractivity contribution is -0.128. The summed E-state index contributed by atoms with van der Waals surface area (Å²) in [6, 6.07) is -0.340. The highest BCUT2D eigenvalue weighted by atomic mass is 16.2. The van der Waals surface area contributed by atoms with Crippen molar-refractivity contribution in [1.29, 1.82) is 0 Å². The minimum atomic E-state index is -0.211. The van der Waals surface area contributed by atoms with Crippen LogP contribution >= 0.6 is 0 Å². The predicted octanol–water partition coefficient (Wildman–Crippen LogP) is 0.140. The van der Waals surface area contributed by atoms with Crippen LogP contribution in [0.3, 0.4) is 0 Å². The molecule has 1 unspecified atom stereocenters. The van der Waals surface area contributed by atoms with E-state index in [4.69, 9.17) is 0 Å². The zero-order chi connectivity index (χ0) is 15.4. The summed E-state index contributed by atoms with van der Waals surface area (Å²) in [4.78, 5) is 27.2. The van der Waals surface area contributed by atoms with Crippen molar-refractivity contribution >= 4 is 11.9 Å². The number of aryl methyl sites for hydroxylation is 1. The van der Waals surface area contributed by atoms with Crippen molar-refractivity contribution in [3.8, 4) is 0 Å². The topological polar surface area (TPSA) is 83.4 Å². The Kier molecular flexibility index (Phi) is 4.77. The third-order valence-corrected chi connectivity index (χ3v) is 3.70. The van der Waals surface area contributed by atoms with Crippen LogP contribution in [0.5, 0.6) is 0 Å². The number of rotatable bonds is 2. The molecule has 116 valence electrons. The number of aromatic nitrogens is 3. The van der Waals surface area contributed by atoms with E-state index in [1.54, 1.807) is 27.6 Å². The maximum Gasteiger partial charge on any atom is 0.318 e. The number of carbonyl (C=O) groups is 2. The quantitative estimate of drug-likeness (QED) is 0.841. The molecule has 0 aromatic carbocycles. The van der Waals surface area contributed by atoms with Crippen LogP contribution in [0.2, 0.25) is 0 Å². The number of nitrogens with zero attached hydrogens (tertiary/aromatic N) is 5. The van der Waals surface area contributed by atoms with Gasteiger partial charge >= 0.3 is 6.03 Å². The van der Waals surface area contributed by atoms with Crippen molar-refractivity contribution in [2.24, 2.45) is 7.05 Å². The highest BCUT2D eigenvalue weighted by Crippen LogP contribution is 2.09. The van der Waals surface area contributed by atoms with Crippen LogP contribution in [0.15, 0.2) is 6.33 Å². The van der Waals surface area contributed by atoms with E-state index < -0.39 is 0 Å². The van der Waals surface area contributed by atoms with E-state index >= 15 is 0 Å². The Morgan fingerprint density at radius 2 is 1.90 bits per heavy atom. The van der Waals surface area contributed by atoms with Crippen LogP contribution in [-0.2, 0) is 11.8 Å². The molecule has 1 aromatic heterocycles. The second kappa shape index (κ2) is 6.55. The van der Waals surface area contributed by atoms with Crippen molar-refractivity contribution < 1.29 is 9.59 Å². The van der Waals surface area contributed by atoms with E-state index in [0.717, 1.165) is 6.42 Å². The minimum Gasteiger partial charge on any atom is -0.341 e. The van der Waals surface area contributed by atoms with Gasteiger partial charge in [0.1, 0.15) is 6.33 Å². The van der Waals surface area contributed by atoms with Gasteiger partial charge in [0.05, 0.1) is 6.04 Å². The average Bonchev–Trinajstić information content (AvgIpc) is 2.72. The fourth-order valence-electron chi connectivity index (χ4n) is 2.46. The molecule has 0 spiro atoms. The third kappa shape index (κ3) is 3.71. The van der Waals surface area contributed by atoms with Crippen LogP contribution < -0.4 is 5.32 Å². The number of nitrogens with one attached hydrogen (secondary N) is 1. The summed E-state index contributed by atoms with van der Waals surface area (Å²) in [6.07, 6.45) is 2.40. The molecule has 0 bridgehead atoms. The molecule has 1 fully saturated rings. The van der Waals surface area contributed by atoms with Gasteiger partial charge in [0, 0.05) is 40.2 Å². The van der Waals surface area contributed by atoms with Crippen LogP contribution in [-0.4, -0.2) is 62.7 Å². The minimum absolute atomic E-state index is 0.0599. The molecule has 1 atom stereocenters. The smallest absolute Gasteiger partial charge is 0.318 e. The summed E-state index contributed by atoms with van der Waals surface area (Å²) in [7, 11) is 1.84. The molecule has 0 saturated carbocycles. The Morgan fingerprint density at radius 3 is 2.52 bits per heavy atom. The van der Waals surface area contributed by atoms with E-state index in [2.05, 4.69) is 15.5 Å². The molecule has 1 aliphatic heterocycles. The second-order valence-corrected chi connectivity index (χ2v) is 5.32. The molecule has 0 aliphatic carbocycles. The van der Waals surface area contributed by atoms with Crippen LogP contribution in [0.25, 0.3) is 0 Å². The first-order chi connectivity index (χ1) is 9.99. The summed E-state index contributed by atoms with van der Waals surface area (Å²) in [6.45, 7) is 5.94. The highest BCUT2D eigenvalue weighted by Gasteiger charge is 2.22. The Hall–Kier alpha value is -2.12. The van der Waals surface area contributed by atoms with E-state index in [-0.39, 0.29) is 18.0 Å². The molecule has 3 amide bonds. The lowest BCUT2D eigenvalue weighted by Crippen LogP contribution is -2.43. The zero-order valence-corrected chi connectivity index (χ0v) is 12.7. The average molecular weight is 294 g/mol. The van der Waals surface area contributed by atoms with Gasteiger partial charge < -0.3 is 19.7 Å². The van der Waals surface area contributed by atoms with Gasteiger partial charge in [-0.2, -0.15) is 0 Å². The summed E-state index contributed by atoms with van der Waals surface area (Å²) in [5.41, 5.74) is 0. The third-order valence-electron chi connectivity index (χ3n) is 3.70. The maximum absolute atomic E-state index is 12.3. The van der Waals surface area contributed by atoms with Gasteiger partial charge in [-0.3, -0.25) is 4.79 Å². The number of carbonyl (C=O) groups excluding carboxylic acids is 2. The van der Waals surface area contributed by atoms with E-state index in [9.17, 15) is 9.59 Å². The molecule has 2 heterocycles. The summed E-state index contributed by atoms with van der Waals surface area (Å²) in [5, 5.41) is 10.7. The van der Waals surface area contributed by atoms with Gasteiger partial charge in [-0.1, -0.05) is 0 Å². The predicted molar refractivity (Wildman–Crippen MR) is 76.4 cm³/mol. The molecule has 8 nitrogen and oxygen atoms in total. The molecule has 21 heavy (non-hydrogen) atoms. The Morgan fingerprint density at radius 1 is 1.24 bits per heavy atom. The van der Waals surface area contributed by atoms with Gasteiger partial charge in [-0.05, 0) is 13.3 Å². The van der Waals surface area contributed by atoms with Crippen molar-refractivity contribution in [3.05, 3.63) is 12.2 Å². The Bertz CT molecular complexity index is 515. The first-order valence-electron chi connectivity index (χ1n) is 7.14. The highest BCUT2D eigenvalue weighted by molar-refractivity contribution is 5.75. The van der Waals surface area contributed by atoms with Crippen molar-refractivity contribution in [3.63, 3.8) is 0 Å². The second-order valence-electron chi connectivity index (χ2n) is 5.32. The summed E-state index contributed by atoms with van der Waals surface area (Å²) >= 11 is 0. The van der Waals surface area contributed by atoms with Gasteiger partial charge in [-0.25, -0.2) is 4.79 Å². The van der Waals surface area contributed by atoms with E-state index in [1.807, 2.05) is 14.0 Å². The lowest BCUT2D eigenvalue weighted by Gasteiger charge is -2.23. The number of hydrogen-bond acceptors (Lipinski definition) is 4. The van der Waals surface area contributed by atoms with E-state index in [1.165, 1.54) is 0 Å². The molecular formula is C13H22N6O2. The SMILES string of the molecule is CC(=O)N1CCCN(C(=O)NC(C)c2nncn2C)CC1. The van der Waals surface area contributed by atoms with Crippen LogP contribution in [0.1, 0.15) is 32.1 Å². The van der Waals surface area contributed by atoms with Gasteiger partial charge in [-0.15, -0.1) is 10.2 Å². The first-order valence-corrected chi connectivity index (χ1v) is 7.14. The molecule has 0 radical (unpaired) electrons. The molecule has 1 saturated heterocycles. The van der Waals surface area contributed by atoms with Gasteiger partial charge in [0.25, 0.3) is 0 Å². The lowest BCUT2D eigenvalue weighted by atomic mass is 10.3. The normalized spacial score (nSPS) is 17.3. The number of urea groups is 1.